The van der Waals surface area contributed by atoms with Crippen molar-refractivity contribution in [3.05, 3.63) is 88.9 Å². The van der Waals surface area contributed by atoms with Gasteiger partial charge in [-0.1, -0.05) is 59.6 Å². The number of benzene rings is 3. The van der Waals surface area contributed by atoms with Gasteiger partial charge in [0.15, 0.2) is 0 Å². The molecule has 0 aromatic heterocycles. The number of hydrogen-bond acceptors (Lipinski definition) is 3. The van der Waals surface area contributed by atoms with Crippen molar-refractivity contribution in [3.63, 3.8) is 0 Å². The standard InChI is InChI=1S/C20H16Cl2N2O3S/c21-15-11-12-19(18(22)13-15)24(28(26,27)17-9-5-2-6-10-17)14-20(25)23-16-7-3-1-4-8-16/h1-13H,14H2,(H,23,25). The summed E-state index contributed by atoms with van der Waals surface area (Å²) in [5, 5.41) is 3.17. The number of anilines is 2. The van der Waals surface area contributed by atoms with Gasteiger partial charge in [0.1, 0.15) is 6.54 Å². The number of carbonyl (C=O) groups excluding carboxylic acids is 1. The van der Waals surface area contributed by atoms with Crippen LogP contribution in [0, 0.1) is 0 Å². The summed E-state index contributed by atoms with van der Waals surface area (Å²) in [5.41, 5.74) is 0.727. The number of sulfonamides is 1. The number of nitrogens with zero attached hydrogens (tertiary/aromatic N) is 1. The summed E-state index contributed by atoms with van der Waals surface area (Å²) in [6, 6.07) is 21.0. The third-order valence-corrected chi connectivity index (χ3v) is 6.17. The van der Waals surface area contributed by atoms with E-state index in [1.807, 2.05) is 6.07 Å². The van der Waals surface area contributed by atoms with Gasteiger partial charge in [-0.05, 0) is 42.5 Å². The molecule has 3 aromatic rings. The number of halogens is 2. The zero-order chi connectivity index (χ0) is 20.1. The minimum atomic E-state index is -4.03. The smallest absolute Gasteiger partial charge is 0.264 e. The first-order valence-electron chi connectivity index (χ1n) is 8.25. The highest BCUT2D eigenvalue weighted by Crippen LogP contribution is 2.32. The summed E-state index contributed by atoms with van der Waals surface area (Å²) in [6.45, 7) is -0.451. The molecule has 5 nitrogen and oxygen atoms in total. The number of carbonyl (C=O) groups is 1. The summed E-state index contributed by atoms with van der Waals surface area (Å²) in [6.07, 6.45) is 0. The van der Waals surface area contributed by atoms with Gasteiger partial charge in [0.05, 0.1) is 15.6 Å². The Morgan fingerprint density at radius 2 is 1.50 bits per heavy atom. The van der Waals surface area contributed by atoms with E-state index in [2.05, 4.69) is 5.32 Å². The molecule has 0 saturated heterocycles. The Morgan fingerprint density at radius 1 is 0.893 bits per heavy atom. The third kappa shape index (κ3) is 4.65. The first kappa shape index (κ1) is 20.2. The Bertz CT molecular complexity index is 1080. The van der Waals surface area contributed by atoms with Gasteiger partial charge in [-0.2, -0.15) is 0 Å². The second-order valence-electron chi connectivity index (χ2n) is 5.83. The average molecular weight is 435 g/mol. The van der Waals surface area contributed by atoms with Crippen molar-refractivity contribution in [1.82, 2.24) is 0 Å². The fourth-order valence-corrected chi connectivity index (χ4v) is 4.58. The monoisotopic (exact) mass is 434 g/mol. The molecule has 0 aliphatic rings. The maximum absolute atomic E-state index is 13.2. The van der Waals surface area contributed by atoms with Gasteiger partial charge >= 0.3 is 0 Å². The minimum Gasteiger partial charge on any atom is -0.325 e. The highest BCUT2D eigenvalue weighted by Gasteiger charge is 2.28. The van der Waals surface area contributed by atoms with Crippen molar-refractivity contribution in [2.45, 2.75) is 4.90 Å². The lowest BCUT2D eigenvalue weighted by molar-refractivity contribution is -0.114. The molecule has 0 heterocycles. The number of amides is 1. The lowest BCUT2D eigenvalue weighted by Crippen LogP contribution is -2.38. The lowest BCUT2D eigenvalue weighted by atomic mass is 10.3. The number of hydrogen-bond donors (Lipinski definition) is 1. The number of nitrogens with one attached hydrogen (secondary N) is 1. The van der Waals surface area contributed by atoms with Crippen LogP contribution in [0.1, 0.15) is 0 Å². The van der Waals surface area contributed by atoms with Gasteiger partial charge in [0.2, 0.25) is 5.91 Å². The average Bonchev–Trinajstić information content (AvgIpc) is 2.68. The van der Waals surface area contributed by atoms with Crippen LogP contribution < -0.4 is 9.62 Å². The molecule has 1 amide bonds. The van der Waals surface area contributed by atoms with Gasteiger partial charge in [-0.3, -0.25) is 9.10 Å². The molecule has 0 aliphatic carbocycles. The molecule has 0 spiro atoms. The van der Waals surface area contributed by atoms with E-state index >= 15 is 0 Å². The molecular weight excluding hydrogens is 419 g/mol. The van der Waals surface area contributed by atoms with Crippen molar-refractivity contribution in [1.29, 1.82) is 0 Å². The molecule has 28 heavy (non-hydrogen) atoms. The molecule has 3 rings (SSSR count). The Morgan fingerprint density at radius 3 is 2.11 bits per heavy atom. The Labute approximate surface area is 173 Å². The predicted octanol–water partition coefficient (Wildman–Crippen LogP) is 4.83. The van der Waals surface area contributed by atoms with Crippen molar-refractivity contribution in [2.24, 2.45) is 0 Å². The van der Waals surface area contributed by atoms with E-state index in [4.69, 9.17) is 23.2 Å². The van der Waals surface area contributed by atoms with E-state index in [0.29, 0.717) is 10.7 Å². The zero-order valence-corrected chi connectivity index (χ0v) is 16.9. The second kappa shape index (κ2) is 8.65. The summed E-state index contributed by atoms with van der Waals surface area (Å²) < 4.78 is 27.4. The van der Waals surface area contributed by atoms with Crippen molar-refractivity contribution in [3.8, 4) is 0 Å². The molecule has 8 heteroatoms. The van der Waals surface area contributed by atoms with Gasteiger partial charge in [0.25, 0.3) is 10.0 Å². The molecule has 0 fully saturated rings. The van der Waals surface area contributed by atoms with Crippen LogP contribution >= 0.6 is 23.2 Å². The number of rotatable bonds is 6. The van der Waals surface area contributed by atoms with Crippen LogP contribution in [-0.4, -0.2) is 20.9 Å². The van der Waals surface area contributed by atoms with E-state index in [-0.39, 0.29) is 15.6 Å². The summed E-state index contributed by atoms with van der Waals surface area (Å²) >= 11 is 12.2. The fourth-order valence-electron chi connectivity index (χ4n) is 2.56. The third-order valence-electron chi connectivity index (χ3n) is 3.85. The van der Waals surface area contributed by atoms with Crippen molar-refractivity contribution < 1.29 is 13.2 Å². The van der Waals surface area contributed by atoms with Crippen LogP contribution in [0.2, 0.25) is 10.0 Å². The molecule has 0 atom stereocenters. The van der Waals surface area contributed by atoms with Gasteiger partial charge in [-0.25, -0.2) is 8.42 Å². The summed E-state index contributed by atoms with van der Waals surface area (Å²) in [5.74, 6) is -0.503. The van der Waals surface area contributed by atoms with Crippen molar-refractivity contribution >= 4 is 50.5 Å². The van der Waals surface area contributed by atoms with E-state index in [9.17, 15) is 13.2 Å². The number of para-hydroxylation sites is 1. The molecule has 1 N–H and O–H groups in total. The maximum Gasteiger partial charge on any atom is 0.264 e. The van der Waals surface area contributed by atoms with E-state index in [1.54, 1.807) is 42.5 Å². The molecule has 3 aromatic carbocycles. The van der Waals surface area contributed by atoms with Crippen molar-refractivity contribution in [2.75, 3.05) is 16.2 Å². The molecule has 144 valence electrons. The summed E-state index contributed by atoms with van der Waals surface area (Å²) in [7, 11) is -4.03. The van der Waals surface area contributed by atoms with Gasteiger partial charge in [-0.15, -0.1) is 0 Å². The summed E-state index contributed by atoms with van der Waals surface area (Å²) in [4.78, 5) is 12.6. The highest BCUT2D eigenvalue weighted by atomic mass is 35.5. The Balaban J connectivity index is 1.98. The van der Waals surface area contributed by atoms with Gasteiger partial charge in [0, 0.05) is 10.7 Å². The van der Waals surface area contributed by atoms with Crippen LogP contribution in [0.5, 0.6) is 0 Å². The SMILES string of the molecule is O=C(CN(c1ccc(Cl)cc1Cl)S(=O)(=O)c1ccccc1)Nc1ccccc1. The van der Waals surface area contributed by atoms with Crippen LogP contribution in [0.3, 0.4) is 0 Å². The van der Waals surface area contributed by atoms with Crippen LogP contribution in [0.4, 0.5) is 11.4 Å². The van der Waals surface area contributed by atoms with E-state index < -0.39 is 22.5 Å². The second-order valence-corrected chi connectivity index (χ2v) is 8.54. The van der Waals surface area contributed by atoms with Crippen LogP contribution in [0.15, 0.2) is 83.8 Å². The molecule has 0 saturated carbocycles. The Hall–Kier alpha value is -2.54. The predicted molar refractivity (Wildman–Crippen MR) is 113 cm³/mol. The molecule has 0 unspecified atom stereocenters. The first-order valence-corrected chi connectivity index (χ1v) is 10.5. The molecule has 0 radical (unpaired) electrons. The zero-order valence-electron chi connectivity index (χ0n) is 14.5. The molecule has 0 bridgehead atoms. The molecular formula is C20H16Cl2N2O3S. The molecule has 0 aliphatic heterocycles. The first-order chi connectivity index (χ1) is 13.4. The quantitative estimate of drug-likeness (QED) is 0.603. The largest absolute Gasteiger partial charge is 0.325 e. The topological polar surface area (TPSA) is 66.5 Å². The van der Waals surface area contributed by atoms with Crippen LogP contribution in [0.25, 0.3) is 0 Å². The van der Waals surface area contributed by atoms with Crippen LogP contribution in [-0.2, 0) is 14.8 Å². The maximum atomic E-state index is 13.2. The Kier molecular flexibility index (Phi) is 6.24. The van der Waals surface area contributed by atoms with E-state index in [0.717, 1.165) is 4.31 Å². The normalized spacial score (nSPS) is 11.1. The van der Waals surface area contributed by atoms with Gasteiger partial charge < -0.3 is 5.32 Å². The minimum absolute atomic E-state index is 0.0496. The lowest BCUT2D eigenvalue weighted by Gasteiger charge is -2.25. The highest BCUT2D eigenvalue weighted by molar-refractivity contribution is 7.92. The fraction of sp³-hybridized carbons (Fsp3) is 0.0500. The van der Waals surface area contributed by atoms with E-state index in [1.165, 1.54) is 30.3 Å².